The average molecular weight is 310 g/mol. The molecule has 8 heteroatoms. The number of rotatable bonds is 2. The summed E-state index contributed by atoms with van der Waals surface area (Å²) in [6.45, 7) is 2.64. The van der Waals surface area contributed by atoms with E-state index in [1.165, 1.54) is 18.6 Å². The fourth-order valence-corrected chi connectivity index (χ4v) is 4.69. The minimum atomic E-state index is -2.86. The van der Waals surface area contributed by atoms with Crippen molar-refractivity contribution in [2.75, 3.05) is 37.7 Å². The van der Waals surface area contributed by atoms with Crippen molar-refractivity contribution < 1.29 is 13.2 Å². The molecule has 1 amide bonds. The van der Waals surface area contributed by atoms with Crippen molar-refractivity contribution in [3.63, 3.8) is 0 Å². The Bertz CT molecular complexity index is 612. The van der Waals surface area contributed by atoms with Gasteiger partial charge in [-0.1, -0.05) is 0 Å². The lowest BCUT2D eigenvalue weighted by atomic mass is 10.2. The van der Waals surface area contributed by atoms with Crippen LogP contribution in [0.3, 0.4) is 0 Å². The zero-order valence-electron chi connectivity index (χ0n) is 11.7. The highest BCUT2D eigenvalue weighted by molar-refractivity contribution is 7.91. The monoisotopic (exact) mass is 310 g/mol. The molecule has 0 bridgehead atoms. The summed E-state index contributed by atoms with van der Waals surface area (Å²) in [5.41, 5.74) is 0.356. The largest absolute Gasteiger partial charge is 0.335 e. The van der Waals surface area contributed by atoms with E-state index in [4.69, 9.17) is 0 Å². The Morgan fingerprint density at radius 2 is 1.95 bits per heavy atom. The number of carbonyl (C=O) groups excluding carboxylic acids is 1. The van der Waals surface area contributed by atoms with Crippen LogP contribution in [-0.4, -0.2) is 77.8 Å². The predicted molar refractivity (Wildman–Crippen MR) is 76.6 cm³/mol. The zero-order chi connectivity index (χ0) is 14.9. The number of carbonyl (C=O) groups is 1. The maximum atomic E-state index is 12.2. The molecule has 0 aliphatic carbocycles. The first-order valence-corrected chi connectivity index (χ1v) is 8.87. The fraction of sp³-hybridized carbons (Fsp3) is 0.615. The topological polar surface area (TPSA) is 83.5 Å². The normalized spacial score (nSPS) is 25.9. The summed E-state index contributed by atoms with van der Waals surface area (Å²) in [5, 5.41) is 0. The maximum absolute atomic E-state index is 12.2. The molecule has 3 rings (SSSR count). The first kappa shape index (κ1) is 14.4. The van der Waals surface area contributed by atoms with E-state index in [1.54, 1.807) is 4.90 Å². The highest BCUT2D eigenvalue weighted by atomic mass is 32.2. The van der Waals surface area contributed by atoms with Crippen molar-refractivity contribution in [2.45, 2.75) is 12.5 Å². The van der Waals surface area contributed by atoms with Gasteiger partial charge in [0.15, 0.2) is 9.84 Å². The van der Waals surface area contributed by atoms with Crippen LogP contribution in [0, 0.1) is 0 Å². The Hall–Kier alpha value is -1.54. The highest BCUT2D eigenvalue weighted by Gasteiger charge is 2.34. The predicted octanol–water partition coefficient (Wildman–Crippen LogP) is -0.578. The Labute approximate surface area is 123 Å². The van der Waals surface area contributed by atoms with Crippen LogP contribution in [0.1, 0.15) is 16.9 Å². The van der Waals surface area contributed by atoms with Gasteiger partial charge in [-0.2, -0.15) is 0 Å². The lowest BCUT2D eigenvalue weighted by Gasteiger charge is -2.37. The molecule has 2 saturated heterocycles. The van der Waals surface area contributed by atoms with Crippen molar-refractivity contribution in [2.24, 2.45) is 0 Å². The number of piperazine rings is 1. The molecule has 0 saturated carbocycles. The van der Waals surface area contributed by atoms with Crippen LogP contribution < -0.4 is 0 Å². The summed E-state index contributed by atoms with van der Waals surface area (Å²) in [7, 11) is -2.86. The standard InChI is InChI=1S/C13H18N4O3S/c18-13(12-9-14-2-3-15-12)17-6-4-16(5-7-17)11-1-8-21(19,20)10-11/h2-3,9,11H,1,4-8,10H2. The van der Waals surface area contributed by atoms with Gasteiger partial charge in [-0.05, 0) is 6.42 Å². The molecule has 0 spiro atoms. The molecule has 1 unspecified atom stereocenters. The molecule has 2 fully saturated rings. The molecule has 7 nitrogen and oxygen atoms in total. The number of hydrogen-bond acceptors (Lipinski definition) is 6. The van der Waals surface area contributed by atoms with Gasteiger partial charge in [0.25, 0.3) is 5.91 Å². The fourth-order valence-electron chi connectivity index (χ4n) is 2.93. The molecule has 1 aromatic rings. The molecule has 114 valence electrons. The van der Waals surface area contributed by atoms with Gasteiger partial charge in [-0.15, -0.1) is 0 Å². The second kappa shape index (κ2) is 5.69. The minimum Gasteiger partial charge on any atom is -0.335 e. The van der Waals surface area contributed by atoms with Crippen LogP contribution in [0.4, 0.5) is 0 Å². The van der Waals surface area contributed by atoms with Gasteiger partial charge in [0, 0.05) is 44.6 Å². The average Bonchev–Trinajstić information content (AvgIpc) is 2.88. The van der Waals surface area contributed by atoms with Gasteiger partial charge < -0.3 is 4.90 Å². The van der Waals surface area contributed by atoms with Crippen LogP contribution in [0.25, 0.3) is 0 Å². The van der Waals surface area contributed by atoms with E-state index in [-0.39, 0.29) is 23.5 Å². The number of aromatic nitrogens is 2. The molecular formula is C13H18N4O3S. The first-order valence-electron chi connectivity index (χ1n) is 7.05. The van der Waals surface area contributed by atoms with Crippen LogP contribution >= 0.6 is 0 Å². The van der Waals surface area contributed by atoms with E-state index < -0.39 is 9.84 Å². The van der Waals surface area contributed by atoms with Gasteiger partial charge in [-0.25, -0.2) is 13.4 Å². The summed E-state index contributed by atoms with van der Waals surface area (Å²) < 4.78 is 23.1. The van der Waals surface area contributed by atoms with Gasteiger partial charge in [0.1, 0.15) is 5.69 Å². The molecule has 0 radical (unpaired) electrons. The van der Waals surface area contributed by atoms with E-state index in [0.29, 0.717) is 38.3 Å². The first-order chi connectivity index (χ1) is 10.1. The Morgan fingerprint density at radius 1 is 1.19 bits per heavy atom. The summed E-state index contributed by atoms with van der Waals surface area (Å²) in [6, 6.07) is 0.115. The number of amides is 1. The van der Waals surface area contributed by atoms with Crippen LogP contribution in [0.5, 0.6) is 0 Å². The minimum absolute atomic E-state index is 0.109. The zero-order valence-corrected chi connectivity index (χ0v) is 12.5. The maximum Gasteiger partial charge on any atom is 0.274 e. The van der Waals surface area contributed by atoms with Crippen molar-refractivity contribution in [3.05, 3.63) is 24.3 Å². The molecule has 3 heterocycles. The summed E-state index contributed by atoms with van der Waals surface area (Å²) in [5.74, 6) is 0.434. The van der Waals surface area contributed by atoms with E-state index in [2.05, 4.69) is 14.9 Å². The second-order valence-corrected chi connectivity index (χ2v) is 7.70. The lowest BCUT2D eigenvalue weighted by molar-refractivity contribution is 0.0582. The summed E-state index contributed by atoms with van der Waals surface area (Å²) in [6.07, 6.45) is 5.22. The summed E-state index contributed by atoms with van der Waals surface area (Å²) >= 11 is 0. The molecule has 1 aromatic heterocycles. The van der Waals surface area contributed by atoms with Gasteiger partial charge >= 0.3 is 0 Å². The van der Waals surface area contributed by atoms with E-state index in [9.17, 15) is 13.2 Å². The molecule has 2 aliphatic heterocycles. The quantitative estimate of drug-likeness (QED) is 0.727. The number of hydrogen-bond donors (Lipinski definition) is 0. The Morgan fingerprint density at radius 3 is 2.52 bits per heavy atom. The Balaban J connectivity index is 1.57. The van der Waals surface area contributed by atoms with Crippen LogP contribution in [-0.2, 0) is 9.84 Å². The molecule has 2 aliphatic rings. The molecule has 0 N–H and O–H groups in total. The lowest BCUT2D eigenvalue weighted by Crippen LogP contribution is -2.52. The number of nitrogens with zero attached hydrogens (tertiary/aromatic N) is 4. The Kier molecular flexibility index (Phi) is 3.90. The van der Waals surface area contributed by atoms with Crippen LogP contribution in [0.15, 0.2) is 18.6 Å². The number of sulfone groups is 1. The summed E-state index contributed by atoms with van der Waals surface area (Å²) in [4.78, 5) is 24.1. The van der Waals surface area contributed by atoms with Crippen molar-refractivity contribution in [1.29, 1.82) is 0 Å². The van der Waals surface area contributed by atoms with E-state index in [0.717, 1.165) is 0 Å². The SMILES string of the molecule is O=C(c1cnccn1)N1CCN(C2CCS(=O)(=O)C2)CC1. The highest BCUT2D eigenvalue weighted by Crippen LogP contribution is 2.19. The molecule has 1 atom stereocenters. The second-order valence-electron chi connectivity index (χ2n) is 5.48. The third kappa shape index (κ3) is 3.21. The third-order valence-corrected chi connectivity index (χ3v) is 5.86. The van der Waals surface area contributed by atoms with Crippen molar-refractivity contribution in [1.82, 2.24) is 19.8 Å². The molecular weight excluding hydrogens is 292 g/mol. The van der Waals surface area contributed by atoms with Gasteiger partial charge in [0.2, 0.25) is 0 Å². The van der Waals surface area contributed by atoms with Gasteiger partial charge in [0.05, 0.1) is 17.7 Å². The van der Waals surface area contributed by atoms with Gasteiger partial charge in [-0.3, -0.25) is 14.7 Å². The van der Waals surface area contributed by atoms with E-state index >= 15 is 0 Å². The van der Waals surface area contributed by atoms with Crippen LogP contribution in [0.2, 0.25) is 0 Å². The van der Waals surface area contributed by atoms with E-state index in [1.807, 2.05) is 0 Å². The van der Waals surface area contributed by atoms with Crippen molar-refractivity contribution >= 4 is 15.7 Å². The smallest absolute Gasteiger partial charge is 0.274 e. The third-order valence-electron chi connectivity index (χ3n) is 4.11. The molecule has 21 heavy (non-hydrogen) atoms. The van der Waals surface area contributed by atoms with Crippen molar-refractivity contribution in [3.8, 4) is 0 Å². The molecule has 0 aromatic carbocycles.